The fraction of sp³-hybridized carbons (Fsp3) is 0.182. The van der Waals surface area contributed by atoms with Gasteiger partial charge in [-0.05, 0) is 51.1 Å². The third-order valence-corrected chi connectivity index (χ3v) is 4.82. The summed E-state index contributed by atoms with van der Waals surface area (Å²) >= 11 is 0. The molecule has 0 amide bonds. The number of Topliss-reactive ketones (excluding diaryl/α,β-unsaturated/α-hetero) is 1. The molecule has 0 aliphatic carbocycles. The fourth-order valence-electron chi connectivity index (χ4n) is 3.37. The summed E-state index contributed by atoms with van der Waals surface area (Å²) in [5, 5.41) is 4.92. The van der Waals surface area contributed by atoms with Gasteiger partial charge < -0.3 is 9.72 Å². The molecular weight excluding hydrogens is 387 g/mol. The zero-order valence-electron chi connectivity index (χ0n) is 16.6. The second-order valence-corrected chi connectivity index (χ2v) is 6.95. The summed E-state index contributed by atoms with van der Waals surface area (Å²) in [5.74, 6) is -1.24. The van der Waals surface area contributed by atoms with Crippen molar-refractivity contribution in [2.45, 2.75) is 26.9 Å². The number of esters is 1. The number of aromatic nitrogens is 4. The van der Waals surface area contributed by atoms with Gasteiger partial charge in [0, 0.05) is 22.2 Å². The molecule has 4 aromatic rings. The van der Waals surface area contributed by atoms with Crippen LogP contribution in [0.1, 0.15) is 39.4 Å². The van der Waals surface area contributed by atoms with Crippen molar-refractivity contribution in [2.75, 3.05) is 0 Å². The number of ketones is 1. The van der Waals surface area contributed by atoms with Crippen LogP contribution in [0.2, 0.25) is 0 Å². The van der Waals surface area contributed by atoms with Gasteiger partial charge in [0.25, 0.3) is 5.82 Å². The molecule has 1 unspecified atom stereocenters. The lowest BCUT2D eigenvalue weighted by atomic mass is 10.0. The van der Waals surface area contributed by atoms with Crippen molar-refractivity contribution >= 4 is 22.7 Å². The van der Waals surface area contributed by atoms with Crippen molar-refractivity contribution in [1.29, 1.82) is 0 Å². The van der Waals surface area contributed by atoms with E-state index in [0.29, 0.717) is 22.8 Å². The molecule has 0 spiro atoms. The average Bonchev–Trinajstić information content (AvgIpc) is 3.27. The van der Waals surface area contributed by atoms with Crippen molar-refractivity contribution < 1.29 is 18.7 Å². The molecule has 1 atom stereocenters. The van der Waals surface area contributed by atoms with E-state index in [1.807, 2.05) is 24.3 Å². The van der Waals surface area contributed by atoms with Crippen molar-refractivity contribution in [3.8, 4) is 5.69 Å². The molecular formula is C22H19FN4O3. The number of carbonyl (C=O) groups excluding carboxylic acids is 2. The van der Waals surface area contributed by atoms with Gasteiger partial charge in [0.15, 0.2) is 6.10 Å². The number of fused-ring (bicyclic) bond motifs is 1. The van der Waals surface area contributed by atoms with Crippen LogP contribution in [0.5, 0.6) is 0 Å². The topological polar surface area (TPSA) is 89.9 Å². The average molecular weight is 406 g/mol. The first-order chi connectivity index (χ1) is 14.3. The number of hydrogen-bond donors (Lipinski definition) is 1. The molecule has 2 aromatic heterocycles. The Morgan fingerprint density at radius 3 is 2.53 bits per heavy atom. The van der Waals surface area contributed by atoms with E-state index in [-0.39, 0.29) is 17.4 Å². The number of nitrogens with zero attached hydrogens (tertiary/aromatic N) is 3. The molecule has 0 saturated carbocycles. The minimum atomic E-state index is -1.02. The molecule has 30 heavy (non-hydrogen) atoms. The molecule has 2 aromatic carbocycles. The zero-order chi connectivity index (χ0) is 21.4. The van der Waals surface area contributed by atoms with Crippen LogP contribution in [0.4, 0.5) is 4.39 Å². The molecule has 0 aliphatic heterocycles. The van der Waals surface area contributed by atoms with Crippen LogP contribution in [-0.2, 0) is 4.74 Å². The highest BCUT2D eigenvalue weighted by Gasteiger charge is 2.26. The molecule has 4 rings (SSSR count). The van der Waals surface area contributed by atoms with Gasteiger partial charge in [-0.25, -0.2) is 18.9 Å². The molecule has 0 bridgehead atoms. The van der Waals surface area contributed by atoms with E-state index in [1.54, 1.807) is 13.8 Å². The van der Waals surface area contributed by atoms with E-state index in [2.05, 4.69) is 15.1 Å². The Kier molecular flexibility index (Phi) is 4.91. The van der Waals surface area contributed by atoms with Crippen LogP contribution < -0.4 is 0 Å². The van der Waals surface area contributed by atoms with Gasteiger partial charge in [0.05, 0.1) is 5.69 Å². The first-order valence-corrected chi connectivity index (χ1v) is 9.37. The maximum Gasteiger partial charge on any atom is 0.378 e. The second-order valence-electron chi connectivity index (χ2n) is 6.95. The predicted molar refractivity (Wildman–Crippen MR) is 108 cm³/mol. The monoisotopic (exact) mass is 406 g/mol. The van der Waals surface area contributed by atoms with Crippen molar-refractivity contribution in [1.82, 2.24) is 19.7 Å². The van der Waals surface area contributed by atoms with Crippen molar-refractivity contribution in [3.05, 3.63) is 77.3 Å². The van der Waals surface area contributed by atoms with E-state index < -0.39 is 12.1 Å². The summed E-state index contributed by atoms with van der Waals surface area (Å²) in [6, 6.07) is 13.1. The number of aryl methyl sites for hydroxylation is 2. The van der Waals surface area contributed by atoms with Crippen LogP contribution in [0, 0.1) is 19.7 Å². The summed E-state index contributed by atoms with van der Waals surface area (Å²) in [5.41, 5.74) is 2.59. The number of para-hydroxylation sites is 1. The SMILES string of the molecule is Cc1[nH]c2ccccc2c1C(=O)C(C)OC(=O)c1nc(C)n(-c2ccc(F)cc2)n1. The molecule has 152 valence electrons. The van der Waals surface area contributed by atoms with Crippen LogP contribution >= 0.6 is 0 Å². The number of H-pyrrole nitrogens is 1. The number of rotatable bonds is 5. The fourth-order valence-corrected chi connectivity index (χ4v) is 3.37. The minimum absolute atomic E-state index is 0.174. The number of carbonyl (C=O) groups is 2. The van der Waals surface area contributed by atoms with Gasteiger partial charge in [-0.3, -0.25) is 4.79 Å². The van der Waals surface area contributed by atoms with Gasteiger partial charge >= 0.3 is 5.97 Å². The van der Waals surface area contributed by atoms with Crippen LogP contribution in [0.3, 0.4) is 0 Å². The number of aromatic amines is 1. The predicted octanol–water partition coefficient (Wildman–Crippen LogP) is 3.93. The molecule has 0 radical (unpaired) electrons. The number of halogens is 1. The van der Waals surface area contributed by atoms with Crippen molar-refractivity contribution in [3.63, 3.8) is 0 Å². The van der Waals surface area contributed by atoms with Gasteiger partial charge in [-0.1, -0.05) is 18.2 Å². The lowest BCUT2D eigenvalue weighted by Crippen LogP contribution is -2.25. The number of nitrogens with one attached hydrogen (secondary N) is 1. The van der Waals surface area contributed by atoms with Crippen molar-refractivity contribution in [2.24, 2.45) is 0 Å². The highest BCUT2D eigenvalue weighted by atomic mass is 19.1. The Labute approximate surface area is 171 Å². The van der Waals surface area contributed by atoms with Crippen LogP contribution in [0.15, 0.2) is 48.5 Å². The molecule has 1 N–H and O–H groups in total. The second kappa shape index (κ2) is 7.55. The van der Waals surface area contributed by atoms with Gasteiger partial charge in [-0.15, -0.1) is 5.10 Å². The molecule has 0 fully saturated rings. The third kappa shape index (κ3) is 3.47. The quantitative estimate of drug-likeness (QED) is 0.401. The van der Waals surface area contributed by atoms with Gasteiger partial charge in [0.1, 0.15) is 11.6 Å². The highest BCUT2D eigenvalue weighted by Crippen LogP contribution is 2.24. The molecule has 0 aliphatic rings. The zero-order valence-corrected chi connectivity index (χ0v) is 16.6. The Hall–Kier alpha value is -3.81. The number of ether oxygens (including phenoxy) is 1. The lowest BCUT2D eigenvalue weighted by molar-refractivity contribution is 0.0307. The standard InChI is InChI=1S/C22H19FN4O3/c1-12-19(17-6-4-5-7-18(17)24-12)20(28)13(2)30-22(29)21-25-14(3)27(26-21)16-10-8-15(23)9-11-16/h4-11,13,24H,1-3H3. The maximum absolute atomic E-state index is 13.1. The van der Waals surface area contributed by atoms with E-state index >= 15 is 0 Å². The molecule has 0 saturated heterocycles. The first-order valence-electron chi connectivity index (χ1n) is 9.37. The number of benzene rings is 2. The highest BCUT2D eigenvalue weighted by molar-refractivity contribution is 6.11. The molecule has 2 heterocycles. The Morgan fingerprint density at radius 2 is 1.80 bits per heavy atom. The van der Waals surface area contributed by atoms with Crippen LogP contribution in [0.25, 0.3) is 16.6 Å². The summed E-state index contributed by atoms with van der Waals surface area (Å²) in [6.07, 6.45) is -1.02. The van der Waals surface area contributed by atoms with Gasteiger partial charge in [0.2, 0.25) is 5.78 Å². The largest absolute Gasteiger partial charge is 0.448 e. The number of hydrogen-bond acceptors (Lipinski definition) is 5. The lowest BCUT2D eigenvalue weighted by Gasteiger charge is -2.11. The Bertz CT molecular complexity index is 1260. The smallest absolute Gasteiger partial charge is 0.378 e. The summed E-state index contributed by atoms with van der Waals surface area (Å²) in [7, 11) is 0. The van der Waals surface area contributed by atoms with E-state index in [1.165, 1.54) is 35.9 Å². The summed E-state index contributed by atoms with van der Waals surface area (Å²) in [4.78, 5) is 32.8. The Morgan fingerprint density at radius 1 is 1.10 bits per heavy atom. The third-order valence-electron chi connectivity index (χ3n) is 4.82. The minimum Gasteiger partial charge on any atom is -0.448 e. The normalized spacial score (nSPS) is 12.1. The molecule has 7 nitrogen and oxygen atoms in total. The van der Waals surface area contributed by atoms with Crippen LogP contribution in [-0.4, -0.2) is 37.6 Å². The van der Waals surface area contributed by atoms with Gasteiger partial charge in [-0.2, -0.15) is 0 Å². The Balaban J connectivity index is 1.55. The maximum atomic E-state index is 13.1. The first kappa shape index (κ1) is 19.5. The summed E-state index contributed by atoms with van der Waals surface area (Å²) < 4.78 is 19.9. The van der Waals surface area contributed by atoms with E-state index in [4.69, 9.17) is 4.74 Å². The van der Waals surface area contributed by atoms with E-state index in [0.717, 1.165) is 10.9 Å². The molecule has 8 heteroatoms. The van der Waals surface area contributed by atoms with E-state index in [9.17, 15) is 14.0 Å². The summed E-state index contributed by atoms with van der Waals surface area (Å²) in [6.45, 7) is 4.99.